The zero-order valence-electron chi connectivity index (χ0n) is 14.0. The average Bonchev–Trinajstić information content (AvgIpc) is 3.20. The number of nitrogens with zero attached hydrogens (tertiary/aromatic N) is 2. The van der Waals surface area contributed by atoms with E-state index in [0.717, 1.165) is 5.69 Å². The minimum atomic E-state index is -0.858. The number of carbonyl (C=O) groups is 3. The lowest BCUT2D eigenvalue weighted by Crippen LogP contribution is -2.51. The molecule has 0 unspecified atom stereocenters. The van der Waals surface area contributed by atoms with Crippen molar-refractivity contribution in [2.24, 2.45) is 0 Å². The van der Waals surface area contributed by atoms with E-state index in [0.29, 0.717) is 31.2 Å². The number of anilines is 1. The van der Waals surface area contributed by atoms with Crippen LogP contribution in [0.25, 0.3) is 0 Å². The number of hydrogen-bond donors (Lipinski definition) is 1. The lowest BCUT2D eigenvalue weighted by atomic mass is 10.2. The highest BCUT2D eigenvalue weighted by Gasteiger charge is 2.24. The van der Waals surface area contributed by atoms with Gasteiger partial charge in [0, 0.05) is 26.2 Å². The lowest BCUT2D eigenvalue weighted by molar-refractivity contribution is -0.132. The summed E-state index contributed by atoms with van der Waals surface area (Å²) in [6.07, 6.45) is 1.31. The Kier molecular flexibility index (Phi) is 5.58. The molecule has 7 nitrogen and oxygen atoms in total. The summed E-state index contributed by atoms with van der Waals surface area (Å²) in [7, 11) is 0. The molecule has 1 aliphatic rings. The summed E-state index contributed by atoms with van der Waals surface area (Å²) in [6, 6.07) is 10.5. The van der Waals surface area contributed by atoms with Crippen molar-refractivity contribution < 1.29 is 18.8 Å². The van der Waals surface area contributed by atoms with Gasteiger partial charge in [-0.25, -0.2) is 0 Å². The van der Waals surface area contributed by atoms with Crippen molar-refractivity contribution >= 4 is 34.9 Å². The second-order valence-corrected chi connectivity index (χ2v) is 6.22. The topological polar surface area (TPSA) is 82.9 Å². The monoisotopic (exact) mass is 375 g/mol. The highest BCUT2D eigenvalue weighted by atomic mass is 35.5. The fourth-order valence-corrected chi connectivity index (χ4v) is 3.03. The molecule has 1 aromatic carbocycles. The van der Waals surface area contributed by atoms with Gasteiger partial charge in [-0.15, -0.1) is 0 Å². The van der Waals surface area contributed by atoms with Crippen LogP contribution < -0.4 is 10.2 Å². The van der Waals surface area contributed by atoms with Gasteiger partial charge in [0.05, 0.1) is 23.5 Å². The third kappa shape index (κ3) is 4.05. The van der Waals surface area contributed by atoms with Crippen LogP contribution >= 0.6 is 11.6 Å². The number of furan rings is 1. The molecular weight excluding hydrogens is 358 g/mol. The van der Waals surface area contributed by atoms with Gasteiger partial charge in [0.1, 0.15) is 0 Å². The Morgan fingerprint density at radius 3 is 2.42 bits per heavy atom. The van der Waals surface area contributed by atoms with E-state index in [1.165, 1.54) is 18.4 Å². The Labute approximate surface area is 155 Å². The first-order valence-corrected chi connectivity index (χ1v) is 8.57. The summed E-state index contributed by atoms with van der Waals surface area (Å²) in [6.45, 7) is 2.11. The molecule has 0 saturated carbocycles. The first-order valence-electron chi connectivity index (χ1n) is 8.19. The predicted octanol–water partition coefficient (Wildman–Crippen LogP) is 1.58. The standard InChI is InChI=1S/C18H18ClN3O4/c19-13-4-1-2-5-14(13)21-7-9-22(10-8-21)16(23)12-20-18(25)17(24)15-6-3-11-26-15/h1-6,11H,7-10,12H2,(H,20,25). The largest absolute Gasteiger partial charge is 0.461 e. The molecule has 0 radical (unpaired) electrons. The highest BCUT2D eigenvalue weighted by Crippen LogP contribution is 2.25. The van der Waals surface area contributed by atoms with Gasteiger partial charge in [-0.3, -0.25) is 14.4 Å². The molecule has 2 aromatic rings. The van der Waals surface area contributed by atoms with Gasteiger partial charge in [-0.05, 0) is 24.3 Å². The molecule has 1 aliphatic heterocycles. The molecule has 0 spiro atoms. The Balaban J connectivity index is 1.47. The number of hydrogen-bond acceptors (Lipinski definition) is 5. The van der Waals surface area contributed by atoms with Crippen molar-refractivity contribution in [1.29, 1.82) is 0 Å². The summed E-state index contributed by atoms with van der Waals surface area (Å²) in [5, 5.41) is 3.02. The van der Waals surface area contributed by atoms with E-state index in [4.69, 9.17) is 16.0 Å². The minimum Gasteiger partial charge on any atom is -0.461 e. The Morgan fingerprint density at radius 1 is 1.04 bits per heavy atom. The Morgan fingerprint density at radius 2 is 1.77 bits per heavy atom. The van der Waals surface area contributed by atoms with Gasteiger partial charge in [0.25, 0.3) is 11.7 Å². The van der Waals surface area contributed by atoms with E-state index in [1.54, 1.807) is 4.90 Å². The van der Waals surface area contributed by atoms with Crippen molar-refractivity contribution in [2.75, 3.05) is 37.6 Å². The number of nitrogens with one attached hydrogen (secondary N) is 1. The van der Waals surface area contributed by atoms with Crippen LogP contribution in [-0.4, -0.2) is 55.2 Å². The minimum absolute atomic E-state index is 0.0525. The van der Waals surface area contributed by atoms with Crippen molar-refractivity contribution in [3.63, 3.8) is 0 Å². The number of carbonyl (C=O) groups excluding carboxylic acids is 3. The van der Waals surface area contributed by atoms with Crippen LogP contribution in [0.15, 0.2) is 47.1 Å². The maximum absolute atomic E-state index is 12.3. The zero-order chi connectivity index (χ0) is 18.5. The molecule has 1 aromatic heterocycles. The molecule has 3 rings (SSSR count). The van der Waals surface area contributed by atoms with Crippen molar-refractivity contribution in [3.05, 3.63) is 53.4 Å². The number of amides is 2. The smallest absolute Gasteiger partial charge is 0.296 e. The SMILES string of the molecule is O=C(NCC(=O)N1CCN(c2ccccc2Cl)CC1)C(=O)c1ccco1. The van der Waals surface area contributed by atoms with Gasteiger partial charge >= 0.3 is 0 Å². The van der Waals surface area contributed by atoms with E-state index in [2.05, 4.69) is 10.2 Å². The molecule has 26 heavy (non-hydrogen) atoms. The number of piperazine rings is 1. The van der Waals surface area contributed by atoms with Crippen LogP contribution in [0.4, 0.5) is 5.69 Å². The van der Waals surface area contributed by atoms with Crippen molar-refractivity contribution in [1.82, 2.24) is 10.2 Å². The van der Waals surface area contributed by atoms with E-state index in [1.807, 2.05) is 24.3 Å². The van der Waals surface area contributed by atoms with Gasteiger partial charge in [0.2, 0.25) is 5.91 Å². The molecule has 0 aliphatic carbocycles. The molecule has 2 amide bonds. The first-order chi connectivity index (χ1) is 12.6. The second kappa shape index (κ2) is 8.05. The van der Waals surface area contributed by atoms with Crippen molar-refractivity contribution in [3.8, 4) is 0 Å². The maximum Gasteiger partial charge on any atom is 0.296 e. The first kappa shape index (κ1) is 18.0. The van der Waals surface area contributed by atoms with E-state index in [-0.39, 0.29) is 18.2 Å². The van der Waals surface area contributed by atoms with Gasteiger partial charge in [-0.1, -0.05) is 23.7 Å². The third-order valence-electron chi connectivity index (χ3n) is 4.18. The molecule has 1 fully saturated rings. The highest BCUT2D eigenvalue weighted by molar-refractivity contribution is 6.42. The molecule has 1 saturated heterocycles. The van der Waals surface area contributed by atoms with E-state index < -0.39 is 11.7 Å². The predicted molar refractivity (Wildman–Crippen MR) is 96.3 cm³/mol. The molecule has 0 atom stereocenters. The number of Topliss-reactive ketones (excluding diaryl/α,β-unsaturated/α-hetero) is 1. The van der Waals surface area contributed by atoms with E-state index in [9.17, 15) is 14.4 Å². The maximum atomic E-state index is 12.3. The van der Waals surface area contributed by atoms with Gasteiger partial charge in [-0.2, -0.15) is 0 Å². The molecule has 8 heteroatoms. The normalized spacial score (nSPS) is 14.2. The summed E-state index contributed by atoms with van der Waals surface area (Å²) >= 11 is 6.20. The third-order valence-corrected chi connectivity index (χ3v) is 4.50. The number of benzene rings is 1. The van der Waals surface area contributed by atoms with Crippen LogP contribution in [0.2, 0.25) is 5.02 Å². The number of halogens is 1. The van der Waals surface area contributed by atoms with Gasteiger partial charge in [0.15, 0.2) is 5.76 Å². The number of ketones is 1. The summed E-state index contributed by atoms with van der Waals surface area (Å²) in [4.78, 5) is 39.6. The zero-order valence-corrected chi connectivity index (χ0v) is 14.7. The van der Waals surface area contributed by atoms with Crippen LogP contribution in [0.5, 0.6) is 0 Å². The van der Waals surface area contributed by atoms with Crippen LogP contribution in [0.3, 0.4) is 0 Å². The summed E-state index contributed by atoms with van der Waals surface area (Å²) in [5.41, 5.74) is 0.943. The van der Waals surface area contributed by atoms with Crippen LogP contribution in [0.1, 0.15) is 10.6 Å². The Hall–Kier alpha value is -2.80. The average molecular weight is 376 g/mol. The lowest BCUT2D eigenvalue weighted by Gasteiger charge is -2.36. The Bertz CT molecular complexity index is 799. The fourth-order valence-electron chi connectivity index (χ4n) is 2.77. The van der Waals surface area contributed by atoms with Crippen molar-refractivity contribution in [2.45, 2.75) is 0 Å². The summed E-state index contributed by atoms with van der Waals surface area (Å²) < 4.78 is 4.88. The molecule has 0 bridgehead atoms. The molecule has 1 N–H and O–H groups in total. The molecule has 136 valence electrons. The number of para-hydroxylation sites is 1. The molecule has 2 heterocycles. The fraction of sp³-hybridized carbons (Fsp3) is 0.278. The van der Waals surface area contributed by atoms with Crippen LogP contribution in [-0.2, 0) is 9.59 Å². The van der Waals surface area contributed by atoms with E-state index >= 15 is 0 Å². The molecular formula is C18H18ClN3O4. The quantitative estimate of drug-likeness (QED) is 0.633. The van der Waals surface area contributed by atoms with Gasteiger partial charge < -0.3 is 19.5 Å². The summed E-state index contributed by atoms with van der Waals surface area (Å²) in [5.74, 6) is -1.94. The van der Waals surface area contributed by atoms with Crippen LogP contribution in [0, 0.1) is 0 Å². The number of rotatable bonds is 5. The second-order valence-electron chi connectivity index (χ2n) is 5.81.